The van der Waals surface area contributed by atoms with E-state index in [-0.39, 0.29) is 5.97 Å². The van der Waals surface area contributed by atoms with Crippen LogP contribution in [0.4, 0.5) is 0 Å². The summed E-state index contributed by atoms with van der Waals surface area (Å²) in [5.74, 6) is 0.329. The Kier molecular flexibility index (Phi) is 2.04. The number of alkyl halides is 1. The Balaban J connectivity index is 2.56. The van der Waals surface area contributed by atoms with Crippen LogP contribution in [0.25, 0.3) is 0 Å². The molecule has 0 heterocycles. The van der Waals surface area contributed by atoms with E-state index in [1.165, 1.54) is 7.11 Å². The maximum atomic E-state index is 11.0. The number of halogens is 1. The first kappa shape index (κ1) is 8.05. The average molecular weight is 207 g/mol. The van der Waals surface area contributed by atoms with Gasteiger partial charge in [0.1, 0.15) is 4.32 Å². The zero-order chi connectivity index (χ0) is 7.78. The molecular weight excluding hydrogens is 196 g/mol. The van der Waals surface area contributed by atoms with Crippen LogP contribution in [0.1, 0.15) is 19.8 Å². The minimum absolute atomic E-state index is 0.157. The molecule has 3 heteroatoms. The van der Waals surface area contributed by atoms with Crippen molar-refractivity contribution < 1.29 is 9.53 Å². The largest absolute Gasteiger partial charge is 0.468 e. The van der Waals surface area contributed by atoms with Gasteiger partial charge in [0.05, 0.1) is 7.11 Å². The quantitative estimate of drug-likeness (QED) is 0.509. The van der Waals surface area contributed by atoms with Gasteiger partial charge in [-0.3, -0.25) is 4.79 Å². The third kappa shape index (κ3) is 1.34. The van der Waals surface area contributed by atoms with Crippen molar-refractivity contribution in [2.75, 3.05) is 7.11 Å². The van der Waals surface area contributed by atoms with E-state index in [2.05, 4.69) is 20.7 Å². The number of methoxy groups -OCH3 is 1. The number of hydrogen-bond acceptors (Lipinski definition) is 2. The summed E-state index contributed by atoms with van der Waals surface area (Å²) in [6.45, 7) is 1.87. The van der Waals surface area contributed by atoms with Crippen molar-refractivity contribution in [3.05, 3.63) is 0 Å². The van der Waals surface area contributed by atoms with Crippen LogP contribution in [-0.2, 0) is 9.53 Å². The standard InChI is InChI=1S/C7H11BrO2/c1-7(8,5-3-4-5)6(9)10-2/h5H,3-4H2,1-2H3. The molecule has 0 aliphatic heterocycles. The lowest BCUT2D eigenvalue weighted by Gasteiger charge is -2.17. The monoisotopic (exact) mass is 206 g/mol. The van der Waals surface area contributed by atoms with Crippen LogP contribution in [-0.4, -0.2) is 17.4 Å². The molecule has 0 N–H and O–H groups in total. The third-order valence-electron chi connectivity index (χ3n) is 1.93. The van der Waals surface area contributed by atoms with Crippen molar-refractivity contribution in [1.29, 1.82) is 0 Å². The fraction of sp³-hybridized carbons (Fsp3) is 0.857. The van der Waals surface area contributed by atoms with Gasteiger partial charge in [-0.2, -0.15) is 0 Å². The zero-order valence-electron chi connectivity index (χ0n) is 6.19. The molecule has 0 saturated heterocycles. The first-order valence-corrected chi connectivity index (χ1v) is 4.15. The molecular formula is C7H11BrO2. The molecule has 0 spiro atoms. The number of hydrogen-bond donors (Lipinski definition) is 0. The summed E-state index contributed by atoms with van der Waals surface area (Å²) in [5, 5.41) is 0. The Morgan fingerprint density at radius 3 is 2.50 bits per heavy atom. The minimum atomic E-state index is -0.429. The fourth-order valence-electron chi connectivity index (χ4n) is 0.992. The van der Waals surface area contributed by atoms with Crippen LogP contribution in [0.2, 0.25) is 0 Å². The van der Waals surface area contributed by atoms with E-state index in [9.17, 15) is 4.79 Å². The van der Waals surface area contributed by atoms with Gasteiger partial charge in [-0.1, -0.05) is 15.9 Å². The van der Waals surface area contributed by atoms with Gasteiger partial charge in [-0.15, -0.1) is 0 Å². The van der Waals surface area contributed by atoms with E-state index in [0.717, 1.165) is 12.8 Å². The van der Waals surface area contributed by atoms with Gasteiger partial charge in [0.2, 0.25) is 0 Å². The van der Waals surface area contributed by atoms with E-state index in [1.807, 2.05) is 6.92 Å². The maximum absolute atomic E-state index is 11.0. The highest BCUT2D eigenvalue weighted by molar-refractivity contribution is 9.10. The van der Waals surface area contributed by atoms with E-state index >= 15 is 0 Å². The Labute approximate surface area is 69.1 Å². The molecule has 0 aromatic carbocycles. The average Bonchev–Trinajstić information content (AvgIpc) is 2.66. The number of esters is 1. The summed E-state index contributed by atoms with van der Waals surface area (Å²) >= 11 is 3.36. The molecule has 1 atom stereocenters. The smallest absolute Gasteiger partial charge is 0.322 e. The molecule has 0 aromatic rings. The summed E-state index contributed by atoms with van der Waals surface area (Å²) in [7, 11) is 1.42. The summed E-state index contributed by atoms with van der Waals surface area (Å²) in [5.41, 5.74) is 0. The van der Waals surface area contributed by atoms with Crippen molar-refractivity contribution in [2.45, 2.75) is 24.1 Å². The number of ether oxygens (including phenoxy) is 1. The van der Waals surface area contributed by atoms with Crippen LogP contribution in [0.3, 0.4) is 0 Å². The summed E-state index contributed by atoms with van der Waals surface area (Å²) in [6, 6.07) is 0. The van der Waals surface area contributed by atoms with Crippen molar-refractivity contribution in [3.63, 3.8) is 0 Å². The number of rotatable bonds is 2. The van der Waals surface area contributed by atoms with Crippen LogP contribution in [0.5, 0.6) is 0 Å². The lowest BCUT2D eigenvalue weighted by Crippen LogP contribution is -2.31. The molecule has 1 saturated carbocycles. The number of carbonyl (C=O) groups is 1. The lowest BCUT2D eigenvalue weighted by atomic mass is 10.1. The van der Waals surface area contributed by atoms with Gasteiger partial charge < -0.3 is 4.74 Å². The van der Waals surface area contributed by atoms with E-state index in [1.54, 1.807) is 0 Å². The van der Waals surface area contributed by atoms with Crippen molar-refractivity contribution >= 4 is 21.9 Å². The van der Waals surface area contributed by atoms with Gasteiger partial charge in [-0.05, 0) is 25.7 Å². The normalized spacial score (nSPS) is 23.5. The lowest BCUT2D eigenvalue weighted by molar-refractivity contribution is -0.143. The Morgan fingerprint density at radius 1 is 1.70 bits per heavy atom. The molecule has 1 unspecified atom stereocenters. The van der Waals surface area contributed by atoms with Crippen LogP contribution < -0.4 is 0 Å². The minimum Gasteiger partial charge on any atom is -0.468 e. The SMILES string of the molecule is COC(=O)C(C)(Br)C1CC1. The molecule has 0 amide bonds. The Bertz CT molecular complexity index is 150. The Hall–Kier alpha value is -0.0500. The van der Waals surface area contributed by atoms with E-state index < -0.39 is 4.32 Å². The van der Waals surface area contributed by atoms with Gasteiger partial charge in [-0.25, -0.2) is 0 Å². The van der Waals surface area contributed by atoms with Crippen LogP contribution >= 0.6 is 15.9 Å². The highest BCUT2D eigenvalue weighted by Gasteiger charge is 2.46. The summed E-state index contributed by atoms with van der Waals surface area (Å²) in [4.78, 5) is 11.0. The second-order valence-corrected chi connectivity index (χ2v) is 4.49. The topological polar surface area (TPSA) is 26.3 Å². The van der Waals surface area contributed by atoms with E-state index in [0.29, 0.717) is 5.92 Å². The maximum Gasteiger partial charge on any atom is 0.322 e. The second-order valence-electron chi connectivity index (χ2n) is 2.84. The summed E-state index contributed by atoms with van der Waals surface area (Å²) in [6.07, 6.45) is 2.27. The second kappa shape index (κ2) is 2.53. The molecule has 0 aromatic heterocycles. The Morgan fingerprint density at radius 2 is 2.20 bits per heavy atom. The molecule has 1 aliphatic carbocycles. The molecule has 1 fully saturated rings. The predicted molar refractivity (Wildman–Crippen MR) is 42.1 cm³/mol. The predicted octanol–water partition coefficient (Wildman–Crippen LogP) is 1.72. The van der Waals surface area contributed by atoms with Gasteiger partial charge >= 0.3 is 5.97 Å². The highest BCUT2D eigenvalue weighted by atomic mass is 79.9. The van der Waals surface area contributed by atoms with Gasteiger partial charge in [0.15, 0.2) is 0 Å². The van der Waals surface area contributed by atoms with Crippen LogP contribution in [0, 0.1) is 5.92 Å². The van der Waals surface area contributed by atoms with Crippen molar-refractivity contribution in [2.24, 2.45) is 5.92 Å². The van der Waals surface area contributed by atoms with E-state index in [4.69, 9.17) is 0 Å². The first-order valence-electron chi connectivity index (χ1n) is 3.36. The van der Waals surface area contributed by atoms with Gasteiger partial charge in [0.25, 0.3) is 0 Å². The fourth-order valence-corrected chi connectivity index (χ4v) is 1.61. The third-order valence-corrected chi connectivity index (χ3v) is 2.90. The zero-order valence-corrected chi connectivity index (χ0v) is 7.77. The molecule has 1 rings (SSSR count). The number of carbonyl (C=O) groups excluding carboxylic acids is 1. The molecule has 0 radical (unpaired) electrons. The highest BCUT2D eigenvalue weighted by Crippen LogP contribution is 2.45. The molecule has 0 bridgehead atoms. The molecule has 10 heavy (non-hydrogen) atoms. The van der Waals surface area contributed by atoms with Crippen molar-refractivity contribution in [3.8, 4) is 0 Å². The molecule has 58 valence electrons. The van der Waals surface area contributed by atoms with Gasteiger partial charge in [0, 0.05) is 0 Å². The van der Waals surface area contributed by atoms with Crippen LogP contribution in [0.15, 0.2) is 0 Å². The first-order chi connectivity index (χ1) is 4.59. The van der Waals surface area contributed by atoms with Crippen molar-refractivity contribution in [1.82, 2.24) is 0 Å². The molecule has 2 nitrogen and oxygen atoms in total. The summed E-state index contributed by atoms with van der Waals surface area (Å²) < 4.78 is 4.20. The molecule has 1 aliphatic rings.